The normalized spacial score (nSPS) is 31.5. The Morgan fingerprint density at radius 1 is 1.13 bits per heavy atom. The van der Waals surface area contributed by atoms with Crippen LogP contribution in [0.1, 0.15) is 82.6 Å². The van der Waals surface area contributed by atoms with E-state index in [1.54, 1.807) is 0 Å². The number of ether oxygens (including phenoxy) is 3. The standard InChI is InChI=1S/C32H44ClNO4/c1-21(2)7-6-14-32(4)28-12-10-22(3)37-31(28)27-16-23(11-13-29(27)38-32)17-30-34(19-26(35)20-36-30)18-24-8-5-9-25(33)15-24/h5,8-9,11,13,15-16,21-22,26,28,30-31,35H,6-7,10,12,14,17-20H2,1-4H3/t22-,26+,28-,30+,31+,32+/m1/s1. The van der Waals surface area contributed by atoms with E-state index in [-0.39, 0.29) is 24.0 Å². The first-order chi connectivity index (χ1) is 18.2. The van der Waals surface area contributed by atoms with E-state index in [0.717, 1.165) is 42.0 Å². The second-order valence-electron chi connectivity index (χ2n) is 12.3. The number of rotatable bonds is 8. The molecule has 2 aromatic rings. The lowest BCUT2D eigenvalue weighted by Crippen LogP contribution is -2.50. The van der Waals surface area contributed by atoms with Gasteiger partial charge < -0.3 is 19.3 Å². The molecule has 2 fully saturated rings. The zero-order valence-corrected chi connectivity index (χ0v) is 24.1. The van der Waals surface area contributed by atoms with Crippen LogP contribution in [0.3, 0.4) is 0 Å². The second kappa shape index (κ2) is 11.9. The van der Waals surface area contributed by atoms with Gasteiger partial charge >= 0.3 is 0 Å². The summed E-state index contributed by atoms with van der Waals surface area (Å²) >= 11 is 6.23. The number of nitrogens with zero attached hydrogens (tertiary/aromatic N) is 1. The molecule has 0 amide bonds. The van der Waals surface area contributed by atoms with Crippen molar-refractivity contribution in [1.82, 2.24) is 4.90 Å². The molecule has 0 bridgehead atoms. The molecule has 3 aliphatic rings. The van der Waals surface area contributed by atoms with E-state index >= 15 is 0 Å². The van der Waals surface area contributed by atoms with Crippen molar-refractivity contribution in [3.05, 3.63) is 64.2 Å². The fourth-order valence-electron chi connectivity index (χ4n) is 6.55. The number of halogens is 1. The quantitative estimate of drug-likeness (QED) is 0.392. The van der Waals surface area contributed by atoms with Crippen molar-refractivity contribution in [2.45, 2.75) is 103 Å². The molecule has 5 rings (SSSR count). The Kier molecular flexibility index (Phi) is 8.71. The van der Waals surface area contributed by atoms with Crippen LogP contribution in [0.25, 0.3) is 0 Å². The predicted octanol–water partition coefficient (Wildman–Crippen LogP) is 6.94. The fraction of sp³-hybridized carbons (Fsp3) is 0.625. The summed E-state index contributed by atoms with van der Waals surface area (Å²) in [4.78, 5) is 2.21. The molecule has 3 heterocycles. The Balaban J connectivity index is 1.36. The number of benzene rings is 2. The average molecular weight is 542 g/mol. The Morgan fingerprint density at radius 3 is 2.76 bits per heavy atom. The number of hydrogen-bond acceptors (Lipinski definition) is 5. The Bertz CT molecular complexity index is 1090. The molecule has 0 unspecified atom stereocenters. The van der Waals surface area contributed by atoms with E-state index < -0.39 is 6.10 Å². The van der Waals surface area contributed by atoms with Gasteiger partial charge in [0.2, 0.25) is 0 Å². The summed E-state index contributed by atoms with van der Waals surface area (Å²) in [6.45, 7) is 10.7. The van der Waals surface area contributed by atoms with Gasteiger partial charge in [-0.05, 0) is 80.8 Å². The van der Waals surface area contributed by atoms with Crippen molar-refractivity contribution in [2.24, 2.45) is 11.8 Å². The van der Waals surface area contributed by atoms with Crippen molar-refractivity contribution in [3.8, 4) is 5.75 Å². The SMILES string of the molecule is CC(C)CCC[C@]1(C)Oc2ccc(C[C@@H]3OC[C@@H](O)CN3Cc3cccc(Cl)c3)cc2[C@@H]2O[C@H](C)CC[C@H]21. The van der Waals surface area contributed by atoms with Crippen molar-refractivity contribution in [3.63, 3.8) is 0 Å². The highest BCUT2D eigenvalue weighted by Crippen LogP contribution is 2.52. The van der Waals surface area contributed by atoms with Crippen LogP contribution in [-0.4, -0.2) is 47.2 Å². The van der Waals surface area contributed by atoms with Crippen LogP contribution < -0.4 is 4.74 Å². The van der Waals surface area contributed by atoms with Crippen LogP contribution in [0.4, 0.5) is 0 Å². The lowest BCUT2D eigenvalue weighted by molar-refractivity contribution is -0.153. The number of fused-ring (bicyclic) bond motifs is 3. The molecule has 0 radical (unpaired) electrons. The smallest absolute Gasteiger partial charge is 0.125 e. The number of hydrogen-bond donors (Lipinski definition) is 1. The maximum absolute atomic E-state index is 10.3. The summed E-state index contributed by atoms with van der Waals surface area (Å²) < 4.78 is 19.6. The minimum atomic E-state index is -0.492. The lowest BCUT2D eigenvalue weighted by Gasteiger charge is -2.50. The summed E-state index contributed by atoms with van der Waals surface area (Å²) in [6, 6.07) is 14.5. The van der Waals surface area contributed by atoms with Crippen molar-refractivity contribution in [1.29, 1.82) is 0 Å². The predicted molar refractivity (Wildman–Crippen MR) is 151 cm³/mol. The number of β-amino-alcohol motifs (C(OH)–C–C–N with tert-alkyl or cyclic N) is 1. The highest BCUT2D eigenvalue weighted by molar-refractivity contribution is 6.30. The van der Waals surface area contributed by atoms with E-state index in [4.69, 9.17) is 25.8 Å². The van der Waals surface area contributed by atoms with Gasteiger partial charge in [-0.15, -0.1) is 0 Å². The zero-order valence-electron chi connectivity index (χ0n) is 23.4. The van der Waals surface area contributed by atoms with Gasteiger partial charge in [0.05, 0.1) is 24.9 Å². The molecule has 6 heteroatoms. The zero-order chi connectivity index (χ0) is 26.9. The van der Waals surface area contributed by atoms with Gasteiger partial charge in [-0.25, -0.2) is 0 Å². The van der Waals surface area contributed by atoms with Gasteiger partial charge in [-0.2, -0.15) is 0 Å². The van der Waals surface area contributed by atoms with Gasteiger partial charge in [0, 0.05) is 36.0 Å². The molecule has 38 heavy (non-hydrogen) atoms. The van der Waals surface area contributed by atoms with Gasteiger partial charge in [0.15, 0.2) is 0 Å². The largest absolute Gasteiger partial charge is 0.487 e. The first-order valence-electron chi connectivity index (χ1n) is 14.5. The highest BCUT2D eigenvalue weighted by atomic mass is 35.5. The fourth-order valence-corrected chi connectivity index (χ4v) is 6.77. The molecule has 0 spiro atoms. The summed E-state index contributed by atoms with van der Waals surface area (Å²) in [5, 5.41) is 11.0. The maximum Gasteiger partial charge on any atom is 0.125 e. The summed E-state index contributed by atoms with van der Waals surface area (Å²) in [5.41, 5.74) is 3.29. The van der Waals surface area contributed by atoms with Crippen LogP contribution in [0.15, 0.2) is 42.5 Å². The van der Waals surface area contributed by atoms with Gasteiger partial charge in [0.25, 0.3) is 0 Å². The van der Waals surface area contributed by atoms with E-state index in [1.807, 2.05) is 18.2 Å². The van der Waals surface area contributed by atoms with Crippen molar-refractivity contribution in [2.75, 3.05) is 13.2 Å². The van der Waals surface area contributed by atoms with Gasteiger partial charge in [-0.3, -0.25) is 4.90 Å². The summed E-state index contributed by atoms with van der Waals surface area (Å²) in [6.07, 6.45) is 6.10. The molecule has 3 aliphatic heterocycles. The molecular formula is C32H44ClNO4. The van der Waals surface area contributed by atoms with Crippen LogP contribution in [0.5, 0.6) is 5.75 Å². The number of aliphatic hydroxyl groups excluding tert-OH is 1. The molecule has 0 aliphatic carbocycles. The van der Waals surface area contributed by atoms with E-state index in [1.165, 1.54) is 24.0 Å². The molecule has 6 atom stereocenters. The summed E-state index contributed by atoms with van der Waals surface area (Å²) in [7, 11) is 0. The molecule has 0 saturated carbocycles. The molecule has 208 valence electrons. The second-order valence-corrected chi connectivity index (χ2v) is 12.8. The highest BCUT2D eigenvalue weighted by Gasteiger charge is 2.49. The first-order valence-corrected chi connectivity index (χ1v) is 14.8. The Morgan fingerprint density at radius 2 is 1.97 bits per heavy atom. The first kappa shape index (κ1) is 27.9. The average Bonchev–Trinajstić information content (AvgIpc) is 2.86. The third-order valence-electron chi connectivity index (χ3n) is 8.61. The maximum atomic E-state index is 10.3. The minimum absolute atomic E-state index is 0.0585. The number of aliphatic hydroxyl groups is 1. The molecule has 2 aromatic carbocycles. The van der Waals surface area contributed by atoms with Crippen LogP contribution in [0.2, 0.25) is 5.02 Å². The van der Waals surface area contributed by atoms with Gasteiger partial charge in [0.1, 0.15) is 17.6 Å². The van der Waals surface area contributed by atoms with Crippen LogP contribution in [0, 0.1) is 11.8 Å². The molecule has 2 saturated heterocycles. The monoisotopic (exact) mass is 541 g/mol. The Hall–Kier alpha value is -1.63. The van der Waals surface area contributed by atoms with Crippen molar-refractivity contribution < 1.29 is 19.3 Å². The van der Waals surface area contributed by atoms with E-state index in [0.29, 0.717) is 31.5 Å². The lowest BCUT2D eigenvalue weighted by atomic mass is 9.72. The van der Waals surface area contributed by atoms with Crippen LogP contribution >= 0.6 is 11.6 Å². The summed E-state index contributed by atoms with van der Waals surface area (Å²) in [5.74, 6) is 2.03. The van der Waals surface area contributed by atoms with E-state index in [2.05, 4.69) is 56.9 Å². The molecule has 0 aromatic heterocycles. The topological polar surface area (TPSA) is 51.2 Å². The van der Waals surface area contributed by atoms with Crippen molar-refractivity contribution >= 4 is 11.6 Å². The van der Waals surface area contributed by atoms with E-state index in [9.17, 15) is 5.11 Å². The molecule has 5 nitrogen and oxygen atoms in total. The molecule has 1 N–H and O–H groups in total. The van der Waals surface area contributed by atoms with Gasteiger partial charge in [-0.1, -0.05) is 50.1 Å². The Labute approximate surface area is 233 Å². The molecular weight excluding hydrogens is 498 g/mol. The third kappa shape index (κ3) is 6.39. The van der Waals surface area contributed by atoms with Crippen LogP contribution in [-0.2, 0) is 22.4 Å². The minimum Gasteiger partial charge on any atom is -0.487 e. The third-order valence-corrected chi connectivity index (χ3v) is 8.85.